The van der Waals surface area contributed by atoms with Crippen LogP contribution in [0.2, 0.25) is 0 Å². The van der Waals surface area contributed by atoms with Crippen LogP contribution in [0.15, 0.2) is 30.3 Å². The molecule has 0 unspecified atom stereocenters. The molecule has 24 heavy (non-hydrogen) atoms. The van der Waals surface area contributed by atoms with Gasteiger partial charge in [-0.15, -0.1) is 0 Å². The molecule has 132 valence electrons. The van der Waals surface area contributed by atoms with E-state index in [1.165, 1.54) is 0 Å². The van der Waals surface area contributed by atoms with E-state index in [4.69, 9.17) is 21.7 Å². The van der Waals surface area contributed by atoms with Crippen molar-refractivity contribution in [2.45, 2.75) is 63.9 Å². The molecule has 0 heterocycles. The lowest BCUT2D eigenvalue weighted by molar-refractivity contribution is -0.0103. The molecule has 0 bridgehead atoms. The molecule has 1 aromatic carbocycles. The lowest BCUT2D eigenvalue weighted by Crippen LogP contribution is -2.47. The summed E-state index contributed by atoms with van der Waals surface area (Å²) in [4.78, 5) is 11.9. The first-order valence-corrected chi connectivity index (χ1v) is 8.59. The van der Waals surface area contributed by atoms with E-state index in [0.29, 0.717) is 24.3 Å². The molecule has 1 fully saturated rings. The van der Waals surface area contributed by atoms with Crippen LogP contribution >= 0.6 is 12.2 Å². The average molecular weight is 351 g/mol. The fraction of sp³-hybridized carbons (Fsp3) is 0.556. The minimum absolute atomic E-state index is 0.105. The number of aliphatic hydroxyl groups excluding tert-OH is 1. The number of ether oxygens (including phenoxy) is 2. The molecule has 5 nitrogen and oxygen atoms in total. The zero-order valence-corrected chi connectivity index (χ0v) is 15.1. The van der Waals surface area contributed by atoms with E-state index in [1.54, 1.807) is 0 Å². The molecule has 1 aliphatic rings. The molecule has 1 saturated carbocycles. The lowest BCUT2D eigenvalue weighted by atomic mass is 9.90. The molecule has 0 aliphatic heterocycles. The molecule has 2 N–H and O–H groups in total. The number of alkyl carbamates (subject to hydrolysis) is 1. The Labute approximate surface area is 148 Å². The van der Waals surface area contributed by atoms with Gasteiger partial charge in [0.05, 0.1) is 6.10 Å². The van der Waals surface area contributed by atoms with Crippen LogP contribution < -0.4 is 5.32 Å². The number of hydrogen-bond donors (Lipinski definition) is 2. The number of carbonyl (C=O) groups is 1. The average Bonchev–Trinajstić information content (AvgIpc) is 2.49. The number of benzene rings is 1. The third-order valence-corrected chi connectivity index (χ3v) is 4.08. The fourth-order valence-electron chi connectivity index (χ4n) is 2.62. The van der Waals surface area contributed by atoms with E-state index in [-0.39, 0.29) is 6.04 Å². The highest BCUT2D eigenvalue weighted by Crippen LogP contribution is 2.24. The predicted octanol–water partition coefficient (Wildman–Crippen LogP) is 3.19. The van der Waals surface area contributed by atoms with Crippen LogP contribution in [0, 0.1) is 0 Å². The van der Waals surface area contributed by atoms with Gasteiger partial charge < -0.3 is 19.9 Å². The summed E-state index contributed by atoms with van der Waals surface area (Å²) < 4.78 is 11.1. The van der Waals surface area contributed by atoms with E-state index >= 15 is 0 Å². The van der Waals surface area contributed by atoms with Gasteiger partial charge in [-0.3, -0.25) is 0 Å². The van der Waals surface area contributed by atoms with Crippen LogP contribution in [0.3, 0.4) is 0 Å². The second-order valence-corrected chi connectivity index (χ2v) is 7.40. The number of amides is 1. The van der Waals surface area contributed by atoms with Crippen LogP contribution in [-0.2, 0) is 9.47 Å². The van der Waals surface area contributed by atoms with Crippen molar-refractivity contribution in [3.05, 3.63) is 35.9 Å². The molecular formula is C18H25NO4S. The maximum absolute atomic E-state index is 11.9. The summed E-state index contributed by atoms with van der Waals surface area (Å²) in [6, 6.07) is 9.31. The zero-order chi connectivity index (χ0) is 17.7. The highest BCUT2D eigenvalue weighted by Gasteiger charge is 2.33. The first kappa shape index (κ1) is 18.7. The largest absolute Gasteiger partial charge is 0.477 e. The molecule has 6 heteroatoms. The summed E-state index contributed by atoms with van der Waals surface area (Å²) in [6.07, 6.45) is 0.233. The standard InChI is InChI=1S/C18H25NO4S/c1-18(2,3)23-17(21)19-13-9-10-14(20)15(11-13)22-16(24)12-7-5-4-6-8-12/h4-8,13-15,20H,9-11H2,1-3H3,(H,19,21)/t13-,14+,15+/m1/s1. The van der Waals surface area contributed by atoms with Crippen molar-refractivity contribution in [2.75, 3.05) is 0 Å². The summed E-state index contributed by atoms with van der Waals surface area (Å²) in [5.74, 6) is 0. The second kappa shape index (κ2) is 7.94. The summed E-state index contributed by atoms with van der Waals surface area (Å²) in [5, 5.41) is 13.4. The van der Waals surface area contributed by atoms with Crippen molar-refractivity contribution in [2.24, 2.45) is 0 Å². The molecule has 0 aromatic heterocycles. The molecule has 0 saturated heterocycles. The Morgan fingerprint density at radius 1 is 1.25 bits per heavy atom. The van der Waals surface area contributed by atoms with Crippen LogP contribution in [0.1, 0.15) is 45.6 Å². The lowest BCUT2D eigenvalue weighted by Gasteiger charge is -2.34. The normalized spacial score (nSPS) is 24.1. The van der Waals surface area contributed by atoms with Crippen molar-refractivity contribution >= 4 is 23.4 Å². The molecule has 1 aromatic rings. The predicted molar refractivity (Wildman–Crippen MR) is 96.0 cm³/mol. The Morgan fingerprint density at radius 3 is 2.54 bits per heavy atom. The number of aliphatic hydroxyl groups is 1. The molecule has 3 atom stereocenters. The van der Waals surface area contributed by atoms with Gasteiger partial charge in [0.25, 0.3) is 0 Å². The molecule has 1 aliphatic carbocycles. The van der Waals surface area contributed by atoms with E-state index < -0.39 is 23.9 Å². The van der Waals surface area contributed by atoms with Crippen LogP contribution in [-0.4, -0.2) is 40.1 Å². The molecule has 0 spiro atoms. The van der Waals surface area contributed by atoms with Gasteiger partial charge in [-0.25, -0.2) is 4.79 Å². The quantitative estimate of drug-likeness (QED) is 0.819. The van der Waals surface area contributed by atoms with Gasteiger partial charge in [0.1, 0.15) is 11.7 Å². The molecule has 1 amide bonds. The molecular weight excluding hydrogens is 326 g/mol. The Hall–Kier alpha value is -1.66. The van der Waals surface area contributed by atoms with Crippen molar-refractivity contribution in [3.8, 4) is 0 Å². The second-order valence-electron chi connectivity index (χ2n) is 7.03. The highest BCUT2D eigenvalue weighted by molar-refractivity contribution is 7.80. The van der Waals surface area contributed by atoms with Crippen molar-refractivity contribution in [3.63, 3.8) is 0 Å². The number of thiocarbonyl (C=S) groups is 1. The maximum atomic E-state index is 11.9. The van der Waals surface area contributed by atoms with Crippen LogP contribution in [0.25, 0.3) is 0 Å². The molecule has 0 radical (unpaired) electrons. The molecule has 2 rings (SSSR count). The smallest absolute Gasteiger partial charge is 0.407 e. The summed E-state index contributed by atoms with van der Waals surface area (Å²) in [6.45, 7) is 5.46. The van der Waals surface area contributed by atoms with E-state index in [0.717, 1.165) is 5.56 Å². The van der Waals surface area contributed by atoms with Crippen molar-refractivity contribution < 1.29 is 19.4 Å². The third kappa shape index (κ3) is 5.76. The SMILES string of the molecule is CC(C)(C)OC(=O)N[C@@H]1CC[C@H](O)[C@@H](OC(=S)c2ccccc2)C1. The highest BCUT2D eigenvalue weighted by atomic mass is 32.1. The van der Waals surface area contributed by atoms with Gasteiger partial charge in [-0.1, -0.05) is 30.3 Å². The Kier molecular flexibility index (Phi) is 6.18. The minimum atomic E-state index is -0.594. The Balaban J connectivity index is 1.91. The van der Waals surface area contributed by atoms with E-state index in [1.807, 2.05) is 51.1 Å². The summed E-state index contributed by atoms with van der Waals surface area (Å²) in [7, 11) is 0. The number of hydrogen-bond acceptors (Lipinski definition) is 5. The monoisotopic (exact) mass is 351 g/mol. The van der Waals surface area contributed by atoms with Crippen molar-refractivity contribution in [1.29, 1.82) is 0 Å². The first-order chi connectivity index (χ1) is 11.2. The number of carbonyl (C=O) groups excluding carboxylic acids is 1. The number of rotatable bonds is 3. The maximum Gasteiger partial charge on any atom is 0.407 e. The zero-order valence-electron chi connectivity index (χ0n) is 14.3. The Bertz CT molecular complexity index is 570. The minimum Gasteiger partial charge on any atom is -0.477 e. The summed E-state index contributed by atoms with van der Waals surface area (Å²) in [5.41, 5.74) is 0.269. The topological polar surface area (TPSA) is 67.8 Å². The van der Waals surface area contributed by atoms with E-state index in [9.17, 15) is 9.90 Å². The first-order valence-electron chi connectivity index (χ1n) is 8.18. The van der Waals surface area contributed by atoms with Gasteiger partial charge in [-0.2, -0.15) is 0 Å². The van der Waals surface area contributed by atoms with Crippen LogP contribution in [0.5, 0.6) is 0 Å². The van der Waals surface area contributed by atoms with E-state index in [2.05, 4.69) is 5.32 Å². The fourth-order valence-corrected chi connectivity index (χ4v) is 2.88. The third-order valence-electron chi connectivity index (χ3n) is 3.75. The van der Waals surface area contributed by atoms with Gasteiger partial charge in [-0.05, 0) is 45.8 Å². The van der Waals surface area contributed by atoms with Crippen LogP contribution in [0.4, 0.5) is 4.79 Å². The number of nitrogens with one attached hydrogen (secondary N) is 1. The van der Waals surface area contributed by atoms with Gasteiger partial charge in [0, 0.05) is 18.0 Å². The van der Waals surface area contributed by atoms with Crippen molar-refractivity contribution in [1.82, 2.24) is 5.32 Å². The van der Waals surface area contributed by atoms with Gasteiger partial charge in [0.15, 0.2) is 5.05 Å². The van der Waals surface area contributed by atoms with Gasteiger partial charge >= 0.3 is 6.09 Å². The Morgan fingerprint density at radius 2 is 1.92 bits per heavy atom. The summed E-state index contributed by atoms with van der Waals surface area (Å²) >= 11 is 5.31. The van der Waals surface area contributed by atoms with Gasteiger partial charge in [0.2, 0.25) is 0 Å².